The molecule has 2 aromatic carbocycles. The highest BCUT2D eigenvalue weighted by Gasteiger charge is 2.09. The molecule has 0 radical (unpaired) electrons. The maximum Gasteiger partial charge on any atom is 0.253 e. The number of carbonyl (C=O) groups is 2. The Morgan fingerprint density at radius 2 is 1.73 bits per heavy atom. The third-order valence-corrected chi connectivity index (χ3v) is 3.91. The van der Waals surface area contributed by atoms with E-state index in [0.717, 1.165) is 17.5 Å². The van der Waals surface area contributed by atoms with Crippen LogP contribution in [-0.2, 0) is 6.42 Å². The minimum atomic E-state index is -0.134. The SMILES string of the molecule is C=CCc1ccc(OC)c(/C=C/C(=O)c2ccc(C(=O)N(C)C)cc2)c1. The van der Waals surface area contributed by atoms with E-state index in [0.29, 0.717) is 16.9 Å². The number of carbonyl (C=O) groups excluding carboxylic acids is 2. The molecular weight excluding hydrogens is 326 g/mol. The fraction of sp³-hybridized carbons (Fsp3) is 0.182. The average Bonchev–Trinajstić information content (AvgIpc) is 2.66. The first-order chi connectivity index (χ1) is 12.5. The number of allylic oxidation sites excluding steroid dienone is 2. The monoisotopic (exact) mass is 349 g/mol. The largest absolute Gasteiger partial charge is 0.496 e. The number of benzene rings is 2. The van der Waals surface area contributed by atoms with Crippen LogP contribution in [0.25, 0.3) is 6.08 Å². The number of hydrogen-bond donors (Lipinski definition) is 0. The molecule has 0 atom stereocenters. The lowest BCUT2D eigenvalue weighted by Crippen LogP contribution is -2.21. The van der Waals surface area contributed by atoms with E-state index in [9.17, 15) is 9.59 Å². The molecule has 134 valence electrons. The molecule has 0 saturated carbocycles. The van der Waals surface area contributed by atoms with Gasteiger partial charge in [0.05, 0.1) is 7.11 Å². The Labute approximate surface area is 154 Å². The Hall–Kier alpha value is -3.14. The van der Waals surface area contributed by atoms with Gasteiger partial charge in [0.1, 0.15) is 5.75 Å². The Morgan fingerprint density at radius 1 is 1.08 bits per heavy atom. The molecule has 26 heavy (non-hydrogen) atoms. The number of ether oxygens (including phenoxy) is 1. The molecule has 0 heterocycles. The number of rotatable bonds is 7. The van der Waals surface area contributed by atoms with Gasteiger partial charge in [-0.3, -0.25) is 9.59 Å². The van der Waals surface area contributed by atoms with E-state index in [1.54, 1.807) is 51.5 Å². The van der Waals surface area contributed by atoms with Crippen molar-refractivity contribution in [1.29, 1.82) is 0 Å². The second-order valence-electron chi connectivity index (χ2n) is 6.04. The van der Waals surface area contributed by atoms with Crippen LogP contribution in [0.15, 0.2) is 61.2 Å². The molecule has 1 amide bonds. The van der Waals surface area contributed by atoms with Crippen LogP contribution in [0.2, 0.25) is 0 Å². The van der Waals surface area contributed by atoms with Crippen LogP contribution >= 0.6 is 0 Å². The molecule has 0 spiro atoms. The van der Waals surface area contributed by atoms with Crippen molar-refractivity contribution in [2.45, 2.75) is 6.42 Å². The maximum atomic E-state index is 12.4. The Morgan fingerprint density at radius 3 is 2.31 bits per heavy atom. The predicted octanol–water partition coefficient (Wildman–Crippen LogP) is 4.02. The topological polar surface area (TPSA) is 46.6 Å². The highest BCUT2D eigenvalue weighted by molar-refractivity contribution is 6.07. The summed E-state index contributed by atoms with van der Waals surface area (Å²) < 4.78 is 5.35. The smallest absolute Gasteiger partial charge is 0.253 e. The standard InChI is InChI=1S/C22H23NO3/c1-5-6-16-7-14-21(26-4)19(15-16)12-13-20(24)17-8-10-18(11-9-17)22(25)23(2)3/h5,7-15H,1,6H2,2-4H3/b13-12+. The normalized spacial score (nSPS) is 10.6. The van der Waals surface area contributed by atoms with Gasteiger partial charge in [-0.2, -0.15) is 0 Å². The van der Waals surface area contributed by atoms with Crippen LogP contribution in [0.5, 0.6) is 5.75 Å². The second kappa shape index (κ2) is 8.81. The maximum absolute atomic E-state index is 12.4. The zero-order valence-electron chi connectivity index (χ0n) is 15.4. The molecule has 4 nitrogen and oxygen atoms in total. The summed E-state index contributed by atoms with van der Waals surface area (Å²) in [6, 6.07) is 12.5. The zero-order chi connectivity index (χ0) is 19.1. The number of nitrogens with zero attached hydrogens (tertiary/aromatic N) is 1. The predicted molar refractivity (Wildman–Crippen MR) is 105 cm³/mol. The lowest BCUT2D eigenvalue weighted by Gasteiger charge is -2.10. The summed E-state index contributed by atoms with van der Waals surface area (Å²) in [7, 11) is 4.98. The first-order valence-electron chi connectivity index (χ1n) is 8.28. The summed E-state index contributed by atoms with van der Waals surface area (Å²) in [5, 5.41) is 0. The van der Waals surface area contributed by atoms with E-state index >= 15 is 0 Å². The minimum Gasteiger partial charge on any atom is -0.496 e. The Kier molecular flexibility index (Phi) is 6.50. The molecule has 2 aromatic rings. The number of ketones is 1. The van der Waals surface area contributed by atoms with E-state index in [1.165, 1.54) is 11.0 Å². The number of methoxy groups -OCH3 is 1. The molecule has 0 unspecified atom stereocenters. The molecule has 0 bridgehead atoms. The van der Waals surface area contributed by atoms with Crippen molar-refractivity contribution < 1.29 is 14.3 Å². The summed E-state index contributed by atoms with van der Waals surface area (Å²) in [5.74, 6) is 0.474. The van der Waals surface area contributed by atoms with Crippen LogP contribution in [0.3, 0.4) is 0 Å². The molecule has 0 aromatic heterocycles. The number of hydrogen-bond acceptors (Lipinski definition) is 3. The van der Waals surface area contributed by atoms with Gasteiger partial charge < -0.3 is 9.64 Å². The molecule has 0 fully saturated rings. The fourth-order valence-electron chi connectivity index (χ4n) is 2.50. The quantitative estimate of drug-likeness (QED) is 0.431. The van der Waals surface area contributed by atoms with Gasteiger partial charge in [0, 0.05) is 30.8 Å². The van der Waals surface area contributed by atoms with Gasteiger partial charge in [-0.1, -0.05) is 24.3 Å². The lowest BCUT2D eigenvalue weighted by atomic mass is 10.0. The van der Waals surface area contributed by atoms with Gasteiger partial charge in [-0.05, 0) is 48.4 Å². The summed E-state index contributed by atoms with van der Waals surface area (Å²) in [5.41, 5.74) is 3.01. The fourth-order valence-corrected chi connectivity index (χ4v) is 2.50. The highest BCUT2D eigenvalue weighted by atomic mass is 16.5. The van der Waals surface area contributed by atoms with Crippen molar-refractivity contribution in [2.24, 2.45) is 0 Å². The molecule has 0 aliphatic heterocycles. The van der Waals surface area contributed by atoms with Crippen molar-refractivity contribution >= 4 is 17.8 Å². The average molecular weight is 349 g/mol. The third kappa shape index (κ3) is 4.70. The minimum absolute atomic E-state index is 0.0942. The molecule has 2 rings (SSSR count). The van der Waals surface area contributed by atoms with Gasteiger partial charge >= 0.3 is 0 Å². The van der Waals surface area contributed by atoms with Crippen LogP contribution in [-0.4, -0.2) is 37.8 Å². The van der Waals surface area contributed by atoms with Crippen LogP contribution in [0, 0.1) is 0 Å². The van der Waals surface area contributed by atoms with E-state index in [4.69, 9.17) is 4.74 Å². The summed E-state index contributed by atoms with van der Waals surface area (Å²) >= 11 is 0. The molecule has 0 saturated heterocycles. The van der Waals surface area contributed by atoms with Crippen LogP contribution < -0.4 is 4.74 Å². The Bertz CT molecular complexity index is 833. The third-order valence-electron chi connectivity index (χ3n) is 3.91. The van der Waals surface area contributed by atoms with Crippen molar-refractivity contribution in [2.75, 3.05) is 21.2 Å². The molecule has 0 aliphatic carbocycles. The van der Waals surface area contributed by atoms with Crippen LogP contribution in [0.1, 0.15) is 31.8 Å². The van der Waals surface area contributed by atoms with E-state index in [2.05, 4.69) is 6.58 Å². The zero-order valence-corrected chi connectivity index (χ0v) is 15.4. The van der Waals surface area contributed by atoms with Crippen LogP contribution in [0.4, 0.5) is 0 Å². The summed E-state index contributed by atoms with van der Waals surface area (Å²) in [6.07, 6.45) is 5.84. The highest BCUT2D eigenvalue weighted by Crippen LogP contribution is 2.22. The van der Waals surface area contributed by atoms with E-state index in [-0.39, 0.29) is 11.7 Å². The molecule has 4 heteroatoms. The first-order valence-corrected chi connectivity index (χ1v) is 8.28. The van der Waals surface area contributed by atoms with Gasteiger partial charge in [0.25, 0.3) is 5.91 Å². The first kappa shape index (κ1) is 19.2. The van der Waals surface area contributed by atoms with E-state index in [1.807, 2.05) is 24.3 Å². The van der Waals surface area contributed by atoms with Crippen molar-refractivity contribution in [3.63, 3.8) is 0 Å². The summed E-state index contributed by atoms with van der Waals surface area (Å²) in [6.45, 7) is 3.74. The summed E-state index contributed by atoms with van der Waals surface area (Å²) in [4.78, 5) is 25.8. The van der Waals surface area contributed by atoms with Gasteiger partial charge in [-0.25, -0.2) is 0 Å². The van der Waals surface area contributed by atoms with Crippen molar-refractivity contribution in [3.05, 3.63) is 83.4 Å². The van der Waals surface area contributed by atoms with Gasteiger partial charge in [0.2, 0.25) is 0 Å². The van der Waals surface area contributed by atoms with E-state index < -0.39 is 0 Å². The van der Waals surface area contributed by atoms with Crippen molar-refractivity contribution in [1.82, 2.24) is 4.90 Å². The van der Waals surface area contributed by atoms with Gasteiger partial charge in [-0.15, -0.1) is 6.58 Å². The number of amides is 1. The molecular formula is C22H23NO3. The lowest BCUT2D eigenvalue weighted by molar-refractivity contribution is 0.0827. The molecule has 0 aliphatic rings. The second-order valence-corrected chi connectivity index (χ2v) is 6.04. The van der Waals surface area contributed by atoms with Crippen molar-refractivity contribution in [3.8, 4) is 5.75 Å². The molecule has 0 N–H and O–H groups in total. The van der Waals surface area contributed by atoms with Gasteiger partial charge in [0.15, 0.2) is 5.78 Å². The Balaban J connectivity index is 2.20.